The second-order valence-electron chi connectivity index (χ2n) is 3.98. The molecular formula is C12H14N2O4. The molecule has 0 spiro atoms. The lowest BCUT2D eigenvalue weighted by molar-refractivity contribution is -0.150. The summed E-state index contributed by atoms with van der Waals surface area (Å²) in [6, 6.07) is 7.16. The molecule has 1 aliphatic heterocycles. The zero-order valence-electron chi connectivity index (χ0n) is 9.68. The van der Waals surface area contributed by atoms with Crippen molar-refractivity contribution in [3.63, 3.8) is 0 Å². The van der Waals surface area contributed by atoms with Crippen molar-refractivity contribution < 1.29 is 19.5 Å². The van der Waals surface area contributed by atoms with Gasteiger partial charge in [-0.05, 0) is 17.5 Å². The molecule has 0 bridgehead atoms. The van der Waals surface area contributed by atoms with Gasteiger partial charge in [0, 0.05) is 6.54 Å². The van der Waals surface area contributed by atoms with Crippen LogP contribution in [0, 0.1) is 0 Å². The summed E-state index contributed by atoms with van der Waals surface area (Å²) in [5, 5.41) is 11.5. The minimum Gasteiger partial charge on any atom is -0.479 e. The number of carboxylic acids is 1. The first-order chi connectivity index (χ1) is 8.68. The minimum atomic E-state index is -1.13. The van der Waals surface area contributed by atoms with Crippen LogP contribution < -0.4 is 10.8 Å². The van der Waals surface area contributed by atoms with Crippen LogP contribution in [0.1, 0.15) is 17.2 Å². The molecule has 1 amide bonds. The van der Waals surface area contributed by atoms with E-state index in [1.165, 1.54) is 0 Å². The maximum absolute atomic E-state index is 11.9. The lowest BCUT2D eigenvalue weighted by Crippen LogP contribution is -2.41. The van der Waals surface area contributed by atoms with E-state index in [0.717, 1.165) is 17.5 Å². The maximum Gasteiger partial charge on any atom is 0.332 e. The van der Waals surface area contributed by atoms with E-state index in [2.05, 4.69) is 15.6 Å². The fraction of sp³-hybridized carbons (Fsp3) is 0.333. The van der Waals surface area contributed by atoms with Crippen molar-refractivity contribution in [2.24, 2.45) is 0 Å². The van der Waals surface area contributed by atoms with Gasteiger partial charge in [-0.15, -0.1) is 0 Å². The van der Waals surface area contributed by atoms with E-state index >= 15 is 0 Å². The number of rotatable bonds is 4. The Morgan fingerprint density at radius 2 is 2.22 bits per heavy atom. The van der Waals surface area contributed by atoms with E-state index in [0.29, 0.717) is 6.54 Å². The largest absolute Gasteiger partial charge is 0.479 e. The Morgan fingerprint density at radius 3 is 3.00 bits per heavy atom. The molecule has 0 saturated carbocycles. The summed E-state index contributed by atoms with van der Waals surface area (Å²) in [6.45, 7) is 0.147. The van der Waals surface area contributed by atoms with Gasteiger partial charge < -0.3 is 10.4 Å². The molecule has 0 aliphatic carbocycles. The molecule has 0 saturated heterocycles. The van der Waals surface area contributed by atoms with Crippen LogP contribution in [0.5, 0.6) is 0 Å². The van der Waals surface area contributed by atoms with E-state index in [-0.39, 0.29) is 5.91 Å². The lowest BCUT2D eigenvalue weighted by Gasteiger charge is -2.25. The Bertz CT molecular complexity index is 461. The molecule has 1 unspecified atom stereocenters. The van der Waals surface area contributed by atoms with Gasteiger partial charge in [0.2, 0.25) is 0 Å². The number of nitrogens with one attached hydrogen (secondary N) is 2. The van der Waals surface area contributed by atoms with Crippen molar-refractivity contribution in [3.8, 4) is 0 Å². The Balaban J connectivity index is 2.01. The molecule has 0 aromatic heterocycles. The normalized spacial score (nSPS) is 17.9. The molecule has 1 aliphatic rings. The molecular weight excluding hydrogens is 236 g/mol. The van der Waals surface area contributed by atoms with Crippen LogP contribution in [0.2, 0.25) is 0 Å². The first-order valence-corrected chi connectivity index (χ1v) is 5.63. The van der Waals surface area contributed by atoms with Gasteiger partial charge in [0.25, 0.3) is 5.91 Å². The number of carbonyl (C=O) groups excluding carboxylic acids is 1. The summed E-state index contributed by atoms with van der Waals surface area (Å²) in [4.78, 5) is 26.7. The van der Waals surface area contributed by atoms with Crippen molar-refractivity contribution in [3.05, 3.63) is 35.4 Å². The second kappa shape index (κ2) is 5.61. The second-order valence-corrected chi connectivity index (χ2v) is 3.98. The van der Waals surface area contributed by atoms with E-state index in [4.69, 9.17) is 5.11 Å². The Morgan fingerprint density at radius 1 is 1.44 bits per heavy atom. The zero-order chi connectivity index (χ0) is 13.0. The quantitative estimate of drug-likeness (QED) is 0.655. The third-order valence-corrected chi connectivity index (χ3v) is 2.74. The van der Waals surface area contributed by atoms with Crippen LogP contribution in [-0.2, 0) is 20.8 Å². The van der Waals surface area contributed by atoms with Crippen LogP contribution in [0.15, 0.2) is 24.3 Å². The number of hydrogen-bond donors (Lipinski definition) is 3. The number of carbonyl (C=O) groups is 2. The van der Waals surface area contributed by atoms with Gasteiger partial charge in [-0.2, -0.15) is 0 Å². The van der Waals surface area contributed by atoms with Gasteiger partial charge in [0.1, 0.15) is 6.04 Å². The van der Waals surface area contributed by atoms with Gasteiger partial charge in [-0.1, -0.05) is 24.3 Å². The van der Waals surface area contributed by atoms with Crippen LogP contribution in [0.3, 0.4) is 0 Å². The third-order valence-electron chi connectivity index (χ3n) is 2.74. The van der Waals surface area contributed by atoms with Gasteiger partial charge in [-0.25, -0.2) is 10.3 Å². The summed E-state index contributed by atoms with van der Waals surface area (Å²) in [5.41, 5.74) is 4.17. The Labute approximate surface area is 104 Å². The maximum atomic E-state index is 11.9. The van der Waals surface area contributed by atoms with Crippen LogP contribution in [0.25, 0.3) is 0 Å². The number of aliphatic carboxylic acids is 1. The molecule has 18 heavy (non-hydrogen) atoms. The molecule has 6 heteroatoms. The summed E-state index contributed by atoms with van der Waals surface area (Å²) >= 11 is 0. The monoisotopic (exact) mass is 250 g/mol. The molecule has 2 rings (SSSR count). The number of hydrogen-bond acceptors (Lipinski definition) is 4. The fourth-order valence-electron chi connectivity index (χ4n) is 1.97. The summed E-state index contributed by atoms with van der Waals surface area (Å²) in [5.74, 6) is -1.52. The molecule has 6 nitrogen and oxygen atoms in total. The molecule has 0 fully saturated rings. The standard InChI is InChI=1S/C12H14N2O4/c15-10(16)7-18-14-12(17)11-9-4-2-1-3-8(9)5-6-13-11/h1-4,11,13H,5-7H2,(H,14,17)(H,15,16). The van der Waals surface area contributed by atoms with Gasteiger partial charge in [-0.3, -0.25) is 9.63 Å². The number of carboxylic acid groups (broad SMARTS) is 1. The van der Waals surface area contributed by atoms with E-state index < -0.39 is 18.6 Å². The zero-order valence-corrected chi connectivity index (χ0v) is 9.68. The Hall–Kier alpha value is -1.92. The summed E-state index contributed by atoms with van der Waals surface area (Å²) < 4.78 is 0. The van der Waals surface area contributed by atoms with Crippen LogP contribution >= 0.6 is 0 Å². The average Bonchev–Trinajstić information content (AvgIpc) is 2.37. The number of fused-ring (bicyclic) bond motifs is 1. The van der Waals surface area contributed by atoms with Crippen molar-refractivity contribution >= 4 is 11.9 Å². The van der Waals surface area contributed by atoms with Gasteiger partial charge in [0.05, 0.1) is 0 Å². The van der Waals surface area contributed by atoms with E-state index in [9.17, 15) is 9.59 Å². The van der Waals surface area contributed by atoms with Crippen molar-refractivity contribution in [2.75, 3.05) is 13.2 Å². The SMILES string of the molecule is O=C(O)CONC(=O)C1NCCc2ccccc21. The van der Waals surface area contributed by atoms with Crippen LogP contribution in [-0.4, -0.2) is 30.1 Å². The highest BCUT2D eigenvalue weighted by atomic mass is 16.7. The molecule has 0 radical (unpaired) electrons. The molecule has 1 aromatic rings. The molecule has 1 heterocycles. The highest BCUT2D eigenvalue weighted by Crippen LogP contribution is 2.22. The fourth-order valence-corrected chi connectivity index (χ4v) is 1.97. The summed E-state index contributed by atoms with van der Waals surface area (Å²) in [7, 11) is 0. The number of benzene rings is 1. The molecule has 1 atom stereocenters. The number of amides is 1. The predicted molar refractivity (Wildman–Crippen MR) is 62.6 cm³/mol. The molecule has 1 aromatic carbocycles. The van der Waals surface area contributed by atoms with Crippen molar-refractivity contribution in [1.29, 1.82) is 0 Å². The minimum absolute atomic E-state index is 0.386. The highest BCUT2D eigenvalue weighted by Gasteiger charge is 2.25. The van der Waals surface area contributed by atoms with E-state index in [1.807, 2.05) is 24.3 Å². The Kier molecular flexibility index (Phi) is 3.91. The first kappa shape index (κ1) is 12.5. The van der Waals surface area contributed by atoms with E-state index in [1.54, 1.807) is 0 Å². The highest BCUT2D eigenvalue weighted by molar-refractivity contribution is 5.83. The predicted octanol–water partition coefficient (Wildman–Crippen LogP) is 0.00580. The summed E-state index contributed by atoms with van der Waals surface area (Å²) in [6.07, 6.45) is 0.871. The van der Waals surface area contributed by atoms with Gasteiger partial charge in [0.15, 0.2) is 6.61 Å². The van der Waals surface area contributed by atoms with Crippen molar-refractivity contribution in [1.82, 2.24) is 10.8 Å². The molecule has 3 N–H and O–H groups in total. The number of hydroxylamine groups is 1. The smallest absolute Gasteiger partial charge is 0.332 e. The van der Waals surface area contributed by atoms with Crippen LogP contribution in [0.4, 0.5) is 0 Å². The topological polar surface area (TPSA) is 87.7 Å². The lowest BCUT2D eigenvalue weighted by atomic mass is 9.94. The van der Waals surface area contributed by atoms with Gasteiger partial charge >= 0.3 is 5.97 Å². The average molecular weight is 250 g/mol. The first-order valence-electron chi connectivity index (χ1n) is 5.63. The third kappa shape index (κ3) is 2.85. The molecule has 96 valence electrons. The van der Waals surface area contributed by atoms with Crippen molar-refractivity contribution in [2.45, 2.75) is 12.5 Å².